The average Bonchev–Trinajstić information content (AvgIpc) is 2.19. The van der Waals surface area contributed by atoms with Gasteiger partial charge in [-0.3, -0.25) is 0 Å². The van der Waals surface area contributed by atoms with Crippen LogP contribution < -0.4 is 10.6 Å². The Morgan fingerprint density at radius 3 is 2.87 bits per heavy atom. The maximum atomic E-state index is 5.85. The van der Waals surface area contributed by atoms with Gasteiger partial charge < -0.3 is 10.6 Å². The van der Waals surface area contributed by atoms with E-state index in [0.29, 0.717) is 5.11 Å². The lowest BCUT2D eigenvalue weighted by molar-refractivity contribution is 0.993. The van der Waals surface area contributed by atoms with Crippen LogP contribution in [0.1, 0.15) is 5.56 Å². The Hall–Kier alpha value is -0.450. The maximum Gasteiger partial charge on any atom is 0.170 e. The van der Waals surface area contributed by atoms with Crippen molar-refractivity contribution in [3.63, 3.8) is 0 Å². The van der Waals surface area contributed by atoms with Gasteiger partial charge >= 0.3 is 0 Å². The molecule has 0 unspecified atom stereocenters. The highest BCUT2D eigenvalue weighted by molar-refractivity contribution is 7.80. The third-order valence-corrected chi connectivity index (χ3v) is 2.54. The summed E-state index contributed by atoms with van der Waals surface area (Å²) >= 11 is 15.0. The van der Waals surface area contributed by atoms with E-state index in [0.717, 1.165) is 28.6 Å². The number of rotatable bonds is 3. The van der Waals surface area contributed by atoms with Crippen molar-refractivity contribution in [1.29, 1.82) is 0 Å². The van der Waals surface area contributed by atoms with Crippen molar-refractivity contribution in [3.05, 3.63) is 28.8 Å². The van der Waals surface area contributed by atoms with Crippen molar-refractivity contribution in [2.24, 2.45) is 0 Å². The first-order valence-corrected chi connectivity index (χ1v) is 5.97. The number of thiol groups is 1. The van der Waals surface area contributed by atoms with Gasteiger partial charge in [0.25, 0.3) is 0 Å². The number of benzene rings is 1. The van der Waals surface area contributed by atoms with Crippen LogP contribution in [0.25, 0.3) is 0 Å². The van der Waals surface area contributed by atoms with Crippen molar-refractivity contribution in [2.45, 2.75) is 6.92 Å². The van der Waals surface area contributed by atoms with Crippen LogP contribution in [0.3, 0.4) is 0 Å². The van der Waals surface area contributed by atoms with Gasteiger partial charge in [-0.15, -0.1) is 0 Å². The summed E-state index contributed by atoms with van der Waals surface area (Å²) in [6.07, 6.45) is 0. The molecule has 0 atom stereocenters. The van der Waals surface area contributed by atoms with Gasteiger partial charge in [-0.2, -0.15) is 12.6 Å². The molecule has 0 saturated heterocycles. The predicted molar refractivity (Wildman–Crippen MR) is 74.3 cm³/mol. The molecule has 0 bridgehead atoms. The second-order valence-corrected chi connectivity index (χ2v) is 4.36. The summed E-state index contributed by atoms with van der Waals surface area (Å²) in [4.78, 5) is 0. The van der Waals surface area contributed by atoms with Gasteiger partial charge in [0.05, 0.1) is 0 Å². The number of halogens is 1. The molecule has 0 aliphatic rings. The molecule has 5 heteroatoms. The van der Waals surface area contributed by atoms with E-state index < -0.39 is 0 Å². The lowest BCUT2D eigenvalue weighted by Crippen LogP contribution is -2.30. The summed E-state index contributed by atoms with van der Waals surface area (Å²) in [5.41, 5.74) is 2.04. The number of hydrogen-bond donors (Lipinski definition) is 3. The van der Waals surface area contributed by atoms with Crippen LogP contribution in [0.15, 0.2) is 18.2 Å². The summed E-state index contributed by atoms with van der Waals surface area (Å²) < 4.78 is 0. The molecular weight excluding hydrogens is 248 g/mol. The van der Waals surface area contributed by atoms with Crippen molar-refractivity contribution in [1.82, 2.24) is 5.32 Å². The van der Waals surface area contributed by atoms with E-state index in [1.165, 1.54) is 0 Å². The minimum Gasteiger partial charge on any atom is -0.362 e. The van der Waals surface area contributed by atoms with Gasteiger partial charge in [-0.1, -0.05) is 11.6 Å². The number of nitrogens with one attached hydrogen (secondary N) is 2. The molecule has 0 heterocycles. The quantitative estimate of drug-likeness (QED) is 0.576. The van der Waals surface area contributed by atoms with Crippen molar-refractivity contribution >= 4 is 47.2 Å². The molecule has 1 rings (SSSR count). The Bertz CT molecular complexity index is 355. The standard InChI is InChI=1S/C10H13ClN2S2/c1-7-6-8(11)2-3-9(7)13-10(15)12-4-5-14/h2-3,6,14H,4-5H2,1H3,(H2,12,13,15). The van der Waals surface area contributed by atoms with E-state index in [2.05, 4.69) is 23.3 Å². The van der Waals surface area contributed by atoms with Crippen LogP contribution >= 0.6 is 36.4 Å². The molecule has 0 fully saturated rings. The fraction of sp³-hybridized carbons (Fsp3) is 0.300. The lowest BCUT2D eigenvalue weighted by atomic mass is 10.2. The number of thiocarbonyl (C=S) groups is 1. The van der Waals surface area contributed by atoms with Gasteiger partial charge in [0.15, 0.2) is 5.11 Å². The summed E-state index contributed by atoms with van der Waals surface area (Å²) in [7, 11) is 0. The van der Waals surface area contributed by atoms with Gasteiger partial charge in [-0.25, -0.2) is 0 Å². The van der Waals surface area contributed by atoms with Crippen LogP contribution in [0.4, 0.5) is 5.69 Å². The Labute approximate surface area is 106 Å². The molecule has 1 aromatic carbocycles. The smallest absolute Gasteiger partial charge is 0.170 e. The summed E-state index contributed by atoms with van der Waals surface area (Å²) in [6, 6.07) is 5.63. The molecule has 1 aromatic rings. The highest BCUT2D eigenvalue weighted by Gasteiger charge is 2.00. The summed E-state index contributed by atoms with van der Waals surface area (Å²) in [6.45, 7) is 2.73. The fourth-order valence-electron chi connectivity index (χ4n) is 1.10. The molecule has 0 radical (unpaired) electrons. The molecular formula is C10H13ClN2S2. The van der Waals surface area contributed by atoms with E-state index in [1.54, 1.807) is 0 Å². The molecule has 2 N–H and O–H groups in total. The molecule has 82 valence electrons. The average molecular weight is 261 g/mol. The SMILES string of the molecule is Cc1cc(Cl)ccc1NC(=S)NCCS. The largest absolute Gasteiger partial charge is 0.362 e. The predicted octanol–water partition coefficient (Wildman–Crippen LogP) is 2.86. The van der Waals surface area contributed by atoms with Crippen molar-refractivity contribution in [2.75, 3.05) is 17.6 Å². The zero-order valence-corrected chi connectivity index (χ0v) is 10.8. The number of anilines is 1. The Morgan fingerprint density at radius 1 is 1.53 bits per heavy atom. The molecule has 0 aromatic heterocycles. The fourth-order valence-corrected chi connectivity index (χ4v) is 1.65. The third-order valence-electron chi connectivity index (χ3n) is 1.83. The van der Waals surface area contributed by atoms with Crippen LogP contribution in [0.2, 0.25) is 5.02 Å². The van der Waals surface area contributed by atoms with Gasteiger partial charge in [-0.05, 0) is 42.9 Å². The minimum atomic E-state index is 0.606. The maximum absolute atomic E-state index is 5.85. The Balaban J connectivity index is 2.60. The van der Waals surface area contributed by atoms with Gasteiger partial charge in [0.2, 0.25) is 0 Å². The first kappa shape index (κ1) is 12.6. The summed E-state index contributed by atoms with van der Waals surface area (Å²) in [5.74, 6) is 0.751. The number of hydrogen-bond acceptors (Lipinski definition) is 2. The van der Waals surface area contributed by atoms with E-state index in [9.17, 15) is 0 Å². The van der Waals surface area contributed by atoms with E-state index in [1.807, 2.05) is 25.1 Å². The molecule has 15 heavy (non-hydrogen) atoms. The second kappa shape index (κ2) is 6.20. The van der Waals surface area contributed by atoms with E-state index >= 15 is 0 Å². The molecule has 0 aliphatic heterocycles. The lowest BCUT2D eigenvalue weighted by Gasteiger charge is -2.11. The van der Waals surface area contributed by atoms with Crippen LogP contribution in [0, 0.1) is 6.92 Å². The van der Waals surface area contributed by atoms with Crippen molar-refractivity contribution < 1.29 is 0 Å². The normalized spacial score (nSPS) is 9.80. The molecule has 0 aliphatic carbocycles. The van der Waals surface area contributed by atoms with Crippen LogP contribution in [-0.4, -0.2) is 17.4 Å². The zero-order chi connectivity index (χ0) is 11.3. The first-order valence-electron chi connectivity index (χ1n) is 4.55. The molecule has 0 saturated carbocycles. The minimum absolute atomic E-state index is 0.606. The highest BCUT2D eigenvalue weighted by Crippen LogP contribution is 2.19. The zero-order valence-electron chi connectivity index (χ0n) is 8.38. The molecule has 2 nitrogen and oxygen atoms in total. The molecule has 0 amide bonds. The topological polar surface area (TPSA) is 24.1 Å². The van der Waals surface area contributed by atoms with Gasteiger partial charge in [0.1, 0.15) is 0 Å². The Morgan fingerprint density at radius 2 is 2.27 bits per heavy atom. The second-order valence-electron chi connectivity index (χ2n) is 3.06. The highest BCUT2D eigenvalue weighted by atomic mass is 35.5. The van der Waals surface area contributed by atoms with E-state index in [4.69, 9.17) is 23.8 Å². The molecule has 0 spiro atoms. The third kappa shape index (κ3) is 4.28. The first-order chi connectivity index (χ1) is 7.13. The Kier molecular flexibility index (Phi) is 5.22. The van der Waals surface area contributed by atoms with Crippen molar-refractivity contribution in [3.8, 4) is 0 Å². The van der Waals surface area contributed by atoms with Crippen LogP contribution in [0.5, 0.6) is 0 Å². The summed E-state index contributed by atoms with van der Waals surface area (Å²) in [5, 5.41) is 7.47. The monoisotopic (exact) mass is 260 g/mol. The number of aryl methyl sites for hydroxylation is 1. The van der Waals surface area contributed by atoms with Crippen LogP contribution in [-0.2, 0) is 0 Å². The van der Waals surface area contributed by atoms with Gasteiger partial charge in [0, 0.05) is 23.0 Å². The van der Waals surface area contributed by atoms with E-state index in [-0.39, 0.29) is 0 Å².